The molecule has 4 nitrogen and oxygen atoms in total. The zero-order chi connectivity index (χ0) is 13.8. The molecule has 3 N–H and O–H groups in total. The Morgan fingerprint density at radius 1 is 1.32 bits per heavy atom. The Balaban J connectivity index is 2.12. The molecule has 1 heterocycles. The molecule has 1 aromatic heterocycles. The number of carbonyl (C=O) groups excluding carboxylic acids is 1. The zero-order valence-electron chi connectivity index (χ0n) is 11.3. The van der Waals surface area contributed by atoms with Crippen LogP contribution in [-0.2, 0) is 11.3 Å². The molecule has 100 valence electrons. The van der Waals surface area contributed by atoms with Crippen molar-refractivity contribution in [1.82, 2.24) is 10.3 Å². The molecule has 2 rings (SSSR count). The van der Waals surface area contributed by atoms with Gasteiger partial charge in [-0.2, -0.15) is 0 Å². The van der Waals surface area contributed by atoms with Crippen molar-refractivity contribution in [2.24, 2.45) is 11.7 Å². The first-order valence-corrected chi connectivity index (χ1v) is 6.45. The molecule has 1 atom stereocenters. The smallest absolute Gasteiger partial charge is 0.237 e. The van der Waals surface area contributed by atoms with E-state index in [1.54, 1.807) is 6.20 Å². The van der Waals surface area contributed by atoms with E-state index in [2.05, 4.69) is 10.3 Å². The number of carbonyl (C=O) groups is 1. The van der Waals surface area contributed by atoms with Crippen LogP contribution in [-0.4, -0.2) is 16.9 Å². The fourth-order valence-corrected chi connectivity index (χ4v) is 1.91. The minimum Gasteiger partial charge on any atom is -0.349 e. The molecule has 0 aliphatic carbocycles. The first-order valence-electron chi connectivity index (χ1n) is 6.45. The van der Waals surface area contributed by atoms with Crippen molar-refractivity contribution in [2.75, 3.05) is 0 Å². The Morgan fingerprint density at radius 3 is 2.79 bits per heavy atom. The van der Waals surface area contributed by atoms with Crippen molar-refractivity contribution in [3.63, 3.8) is 0 Å². The van der Waals surface area contributed by atoms with Gasteiger partial charge in [0.2, 0.25) is 5.91 Å². The minimum absolute atomic E-state index is 0.125. The number of hydrogen-bond acceptors (Lipinski definition) is 3. The van der Waals surface area contributed by atoms with Gasteiger partial charge in [0, 0.05) is 11.6 Å². The van der Waals surface area contributed by atoms with Gasteiger partial charge in [-0.3, -0.25) is 9.78 Å². The highest BCUT2D eigenvalue weighted by Gasteiger charge is 2.16. The molecular formula is C15H19N3O. The van der Waals surface area contributed by atoms with Crippen LogP contribution in [0, 0.1) is 5.92 Å². The SMILES string of the molecule is CC(C)C(N)C(=O)NCc1nccc2ccccc12. The van der Waals surface area contributed by atoms with E-state index in [1.165, 1.54) is 0 Å². The summed E-state index contributed by atoms with van der Waals surface area (Å²) < 4.78 is 0. The van der Waals surface area contributed by atoms with Crippen LogP contribution < -0.4 is 11.1 Å². The molecular weight excluding hydrogens is 238 g/mol. The van der Waals surface area contributed by atoms with Crippen LogP contribution in [0.3, 0.4) is 0 Å². The Labute approximate surface area is 113 Å². The van der Waals surface area contributed by atoms with Crippen LogP contribution >= 0.6 is 0 Å². The van der Waals surface area contributed by atoms with E-state index in [-0.39, 0.29) is 11.8 Å². The molecule has 4 heteroatoms. The summed E-state index contributed by atoms with van der Waals surface area (Å²) in [5.41, 5.74) is 6.67. The van der Waals surface area contributed by atoms with E-state index in [4.69, 9.17) is 5.73 Å². The molecule has 0 spiro atoms. The summed E-state index contributed by atoms with van der Waals surface area (Å²) in [6, 6.07) is 9.47. The predicted octanol–water partition coefficient (Wildman–Crippen LogP) is 1.83. The summed E-state index contributed by atoms with van der Waals surface area (Å²) in [5.74, 6) is -0.00906. The lowest BCUT2D eigenvalue weighted by molar-refractivity contribution is -0.123. The standard InChI is InChI=1S/C15H19N3O/c1-10(2)14(16)15(19)18-9-13-12-6-4-3-5-11(12)7-8-17-13/h3-8,10,14H,9,16H2,1-2H3,(H,18,19). The molecule has 2 aromatic rings. The first kappa shape index (κ1) is 13.5. The third-order valence-corrected chi connectivity index (χ3v) is 3.21. The summed E-state index contributed by atoms with van der Waals surface area (Å²) in [5, 5.41) is 5.02. The van der Waals surface area contributed by atoms with E-state index < -0.39 is 6.04 Å². The third kappa shape index (κ3) is 3.09. The predicted molar refractivity (Wildman–Crippen MR) is 76.4 cm³/mol. The number of nitrogens with two attached hydrogens (primary N) is 1. The number of benzene rings is 1. The highest BCUT2D eigenvalue weighted by Crippen LogP contribution is 2.15. The molecule has 0 saturated heterocycles. The summed E-state index contributed by atoms with van der Waals surface area (Å²) in [6.07, 6.45) is 1.76. The molecule has 1 amide bonds. The van der Waals surface area contributed by atoms with E-state index in [1.807, 2.05) is 44.2 Å². The van der Waals surface area contributed by atoms with E-state index in [9.17, 15) is 4.79 Å². The number of rotatable bonds is 4. The Bertz CT molecular complexity index is 575. The second-order valence-electron chi connectivity index (χ2n) is 4.97. The van der Waals surface area contributed by atoms with Gasteiger partial charge in [0.25, 0.3) is 0 Å². The van der Waals surface area contributed by atoms with E-state index >= 15 is 0 Å². The molecule has 19 heavy (non-hydrogen) atoms. The topological polar surface area (TPSA) is 68.0 Å². The number of nitrogens with zero attached hydrogens (tertiary/aromatic N) is 1. The monoisotopic (exact) mass is 257 g/mol. The molecule has 0 fully saturated rings. The molecule has 0 saturated carbocycles. The van der Waals surface area contributed by atoms with Gasteiger partial charge in [-0.25, -0.2) is 0 Å². The van der Waals surface area contributed by atoms with Gasteiger partial charge >= 0.3 is 0 Å². The van der Waals surface area contributed by atoms with Crippen molar-refractivity contribution < 1.29 is 4.79 Å². The van der Waals surface area contributed by atoms with Gasteiger partial charge in [-0.05, 0) is 17.4 Å². The summed E-state index contributed by atoms with van der Waals surface area (Å²) in [7, 11) is 0. The normalized spacial score (nSPS) is 12.6. The van der Waals surface area contributed by atoms with Crippen LogP contribution in [0.15, 0.2) is 36.5 Å². The minimum atomic E-state index is -0.477. The average Bonchev–Trinajstić information content (AvgIpc) is 2.43. The number of fused-ring (bicyclic) bond motifs is 1. The van der Waals surface area contributed by atoms with Gasteiger partial charge in [-0.1, -0.05) is 38.1 Å². The summed E-state index contributed by atoms with van der Waals surface area (Å²) in [6.45, 7) is 4.27. The number of aromatic nitrogens is 1. The lowest BCUT2D eigenvalue weighted by Crippen LogP contribution is -2.43. The van der Waals surface area contributed by atoms with Crippen molar-refractivity contribution in [3.8, 4) is 0 Å². The van der Waals surface area contributed by atoms with Crippen LogP contribution in [0.2, 0.25) is 0 Å². The molecule has 0 bridgehead atoms. The van der Waals surface area contributed by atoms with Gasteiger partial charge in [-0.15, -0.1) is 0 Å². The third-order valence-electron chi connectivity index (χ3n) is 3.21. The number of pyridine rings is 1. The van der Waals surface area contributed by atoms with E-state index in [0.29, 0.717) is 6.54 Å². The van der Waals surface area contributed by atoms with Gasteiger partial charge < -0.3 is 11.1 Å². The van der Waals surface area contributed by atoms with Crippen molar-refractivity contribution in [1.29, 1.82) is 0 Å². The Hall–Kier alpha value is -1.94. The van der Waals surface area contributed by atoms with E-state index in [0.717, 1.165) is 16.5 Å². The largest absolute Gasteiger partial charge is 0.349 e. The first-order chi connectivity index (χ1) is 9.09. The number of amides is 1. The zero-order valence-corrected chi connectivity index (χ0v) is 11.3. The average molecular weight is 257 g/mol. The fourth-order valence-electron chi connectivity index (χ4n) is 1.91. The van der Waals surface area contributed by atoms with Crippen molar-refractivity contribution in [2.45, 2.75) is 26.4 Å². The van der Waals surface area contributed by atoms with Gasteiger partial charge in [0.05, 0.1) is 18.3 Å². The second kappa shape index (κ2) is 5.80. The van der Waals surface area contributed by atoms with Crippen LogP contribution in [0.4, 0.5) is 0 Å². The quantitative estimate of drug-likeness (QED) is 0.878. The lowest BCUT2D eigenvalue weighted by Gasteiger charge is -2.15. The molecule has 0 radical (unpaired) electrons. The van der Waals surface area contributed by atoms with Crippen LogP contribution in [0.5, 0.6) is 0 Å². The van der Waals surface area contributed by atoms with Crippen molar-refractivity contribution >= 4 is 16.7 Å². The maximum Gasteiger partial charge on any atom is 0.237 e. The molecule has 1 aromatic carbocycles. The van der Waals surface area contributed by atoms with Gasteiger partial charge in [0.1, 0.15) is 0 Å². The molecule has 0 aliphatic heterocycles. The fraction of sp³-hybridized carbons (Fsp3) is 0.333. The van der Waals surface area contributed by atoms with Gasteiger partial charge in [0.15, 0.2) is 0 Å². The van der Waals surface area contributed by atoms with Crippen LogP contribution in [0.1, 0.15) is 19.5 Å². The Morgan fingerprint density at radius 2 is 2.05 bits per heavy atom. The maximum absolute atomic E-state index is 11.8. The summed E-state index contributed by atoms with van der Waals surface area (Å²) in [4.78, 5) is 16.2. The Kier molecular flexibility index (Phi) is 4.12. The second-order valence-corrected chi connectivity index (χ2v) is 4.97. The molecule has 0 aliphatic rings. The number of hydrogen-bond donors (Lipinski definition) is 2. The summed E-state index contributed by atoms with van der Waals surface area (Å²) >= 11 is 0. The maximum atomic E-state index is 11.8. The highest BCUT2D eigenvalue weighted by molar-refractivity contribution is 5.85. The van der Waals surface area contributed by atoms with Crippen molar-refractivity contribution in [3.05, 3.63) is 42.2 Å². The number of nitrogens with one attached hydrogen (secondary N) is 1. The highest BCUT2D eigenvalue weighted by atomic mass is 16.2. The molecule has 1 unspecified atom stereocenters. The lowest BCUT2D eigenvalue weighted by atomic mass is 10.0. The van der Waals surface area contributed by atoms with Crippen LogP contribution in [0.25, 0.3) is 10.8 Å².